The predicted molar refractivity (Wildman–Crippen MR) is 63.4 cm³/mol. The molecular formula is C9H19BN6. The number of hydrogen-bond donors (Lipinski definition) is 3. The normalized spacial score (nSPS) is 27.1. The number of hydrazine groups is 3. The SMILES string of the molecule is C1=CN(B(N2CCCN2)N2CCCN2)NC1. The molecule has 6 nitrogen and oxygen atoms in total. The number of nitrogens with one attached hydrogen (secondary N) is 3. The maximum Gasteiger partial charge on any atom is 0.480 e. The summed E-state index contributed by atoms with van der Waals surface area (Å²) in [5.74, 6) is 0. The molecule has 0 aromatic heterocycles. The van der Waals surface area contributed by atoms with Gasteiger partial charge in [-0.05, 0) is 12.8 Å². The van der Waals surface area contributed by atoms with E-state index in [-0.39, 0.29) is 7.12 Å². The van der Waals surface area contributed by atoms with Crippen LogP contribution < -0.4 is 16.3 Å². The summed E-state index contributed by atoms with van der Waals surface area (Å²) in [4.78, 5) is 6.79. The molecule has 3 aliphatic heterocycles. The van der Waals surface area contributed by atoms with Crippen molar-refractivity contribution in [3.8, 4) is 0 Å². The summed E-state index contributed by atoms with van der Waals surface area (Å²) in [6.07, 6.45) is 6.73. The first-order chi connectivity index (χ1) is 7.95. The molecule has 0 aliphatic carbocycles. The fourth-order valence-corrected chi connectivity index (χ4v) is 2.50. The molecule has 0 aromatic carbocycles. The lowest BCUT2D eigenvalue weighted by atomic mass is 9.90. The van der Waals surface area contributed by atoms with Crippen molar-refractivity contribution < 1.29 is 0 Å². The van der Waals surface area contributed by atoms with Crippen LogP contribution >= 0.6 is 0 Å². The Balaban J connectivity index is 1.73. The summed E-state index contributed by atoms with van der Waals surface area (Å²) in [7, 11) is 0.240. The van der Waals surface area contributed by atoms with E-state index in [9.17, 15) is 0 Å². The highest BCUT2D eigenvalue weighted by molar-refractivity contribution is 6.49. The largest absolute Gasteiger partial charge is 0.480 e. The monoisotopic (exact) mass is 222 g/mol. The number of hydrogen-bond acceptors (Lipinski definition) is 6. The van der Waals surface area contributed by atoms with Crippen LogP contribution in [0.5, 0.6) is 0 Å². The van der Waals surface area contributed by atoms with Gasteiger partial charge in [0.15, 0.2) is 0 Å². The highest BCUT2D eigenvalue weighted by atomic mass is 15.7. The van der Waals surface area contributed by atoms with Crippen LogP contribution in [0.1, 0.15) is 12.8 Å². The van der Waals surface area contributed by atoms with Crippen LogP contribution in [0.2, 0.25) is 0 Å². The molecule has 3 N–H and O–H groups in total. The van der Waals surface area contributed by atoms with Gasteiger partial charge in [0.05, 0.1) is 0 Å². The van der Waals surface area contributed by atoms with E-state index in [2.05, 4.69) is 43.3 Å². The maximum atomic E-state index is 3.45. The molecule has 3 aliphatic rings. The lowest BCUT2D eigenvalue weighted by Crippen LogP contribution is -2.67. The zero-order valence-electron chi connectivity index (χ0n) is 9.52. The number of nitrogens with zero attached hydrogens (tertiary/aromatic N) is 3. The molecule has 0 unspecified atom stereocenters. The van der Waals surface area contributed by atoms with E-state index in [4.69, 9.17) is 0 Å². The van der Waals surface area contributed by atoms with Gasteiger partial charge in [0.25, 0.3) is 0 Å². The topological polar surface area (TPSA) is 45.8 Å². The molecule has 0 amide bonds. The second-order valence-electron chi connectivity index (χ2n) is 4.41. The van der Waals surface area contributed by atoms with Gasteiger partial charge in [-0.1, -0.05) is 6.08 Å². The van der Waals surface area contributed by atoms with Crippen molar-refractivity contribution in [1.82, 2.24) is 31.0 Å². The highest BCUT2D eigenvalue weighted by Crippen LogP contribution is 2.11. The average Bonchev–Trinajstić information content (AvgIpc) is 3.02. The molecular weight excluding hydrogens is 203 g/mol. The maximum absolute atomic E-state index is 3.45. The van der Waals surface area contributed by atoms with Crippen LogP contribution in [0.15, 0.2) is 12.3 Å². The van der Waals surface area contributed by atoms with Crippen molar-refractivity contribution >= 4 is 7.12 Å². The van der Waals surface area contributed by atoms with Crippen molar-refractivity contribution in [2.75, 3.05) is 32.7 Å². The molecule has 0 saturated carbocycles. The summed E-state index contributed by atoms with van der Waals surface area (Å²) in [5, 5.41) is 0. The Morgan fingerprint density at radius 1 is 0.938 bits per heavy atom. The lowest BCUT2D eigenvalue weighted by Gasteiger charge is -2.36. The Labute approximate surface area is 96.7 Å². The summed E-state index contributed by atoms with van der Waals surface area (Å²) < 4.78 is 0. The predicted octanol–water partition coefficient (Wildman–Crippen LogP) is -1.27. The zero-order chi connectivity index (χ0) is 10.8. The van der Waals surface area contributed by atoms with Gasteiger partial charge < -0.3 is 4.92 Å². The Morgan fingerprint density at radius 3 is 2.06 bits per heavy atom. The van der Waals surface area contributed by atoms with E-state index >= 15 is 0 Å². The van der Waals surface area contributed by atoms with Crippen molar-refractivity contribution in [3.63, 3.8) is 0 Å². The van der Waals surface area contributed by atoms with E-state index < -0.39 is 0 Å². The zero-order valence-corrected chi connectivity index (χ0v) is 9.52. The van der Waals surface area contributed by atoms with Gasteiger partial charge in [-0.25, -0.2) is 15.3 Å². The minimum absolute atomic E-state index is 0.240. The van der Waals surface area contributed by atoms with Crippen LogP contribution in [0.3, 0.4) is 0 Å². The molecule has 0 bridgehead atoms. The molecule has 2 saturated heterocycles. The van der Waals surface area contributed by atoms with Gasteiger partial charge in [0.2, 0.25) is 0 Å². The van der Waals surface area contributed by atoms with E-state index in [1.54, 1.807) is 0 Å². The minimum Gasteiger partial charge on any atom is -0.325 e. The molecule has 16 heavy (non-hydrogen) atoms. The summed E-state index contributed by atoms with van der Waals surface area (Å²) >= 11 is 0. The first kappa shape index (κ1) is 10.6. The fraction of sp³-hybridized carbons (Fsp3) is 0.778. The third-order valence-electron chi connectivity index (χ3n) is 3.25. The number of rotatable bonds is 3. The molecule has 0 radical (unpaired) electrons. The molecule has 3 rings (SSSR count). The Morgan fingerprint density at radius 2 is 1.62 bits per heavy atom. The first-order valence-corrected chi connectivity index (χ1v) is 6.14. The molecule has 2 fully saturated rings. The molecule has 3 heterocycles. The van der Waals surface area contributed by atoms with E-state index in [0.29, 0.717) is 0 Å². The molecule has 7 heteroatoms. The van der Waals surface area contributed by atoms with E-state index in [1.165, 1.54) is 12.8 Å². The van der Waals surface area contributed by atoms with Crippen LogP contribution in [0.4, 0.5) is 0 Å². The summed E-state index contributed by atoms with van der Waals surface area (Å²) in [5.41, 5.74) is 10.3. The standard InChI is InChI=1S/C9H19BN6/c1-4-11-14(7-1)10(15-8-2-5-12-15)16-9-3-6-13-16/h1,7,11-13H,2-6,8-9H2. The van der Waals surface area contributed by atoms with Gasteiger partial charge in [-0.2, -0.15) is 0 Å². The van der Waals surface area contributed by atoms with Crippen molar-refractivity contribution in [1.29, 1.82) is 0 Å². The first-order valence-electron chi connectivity index (χ1n) is 6.14. The van der Waals surface area contributed by atoms with Gasteiger partial charge in [-0.3, -0.25) is 10.9 Å². The van der Waals surface area contributed by atoms with Gasteiger partial charge in [0, 0.05) is 38.9 Å². The van der Waals surface area contributed by atoms with Gasteiger partial charge in [-0.15, -0.1) is 0 Å². The van der Waals surface area contributed by atoms with Crippen molar-refractivity contribution in [3.05, 3.63) is 12.3 Å². The van der Waals surface area contributed by atoms with Crippen LogP contribution in [-0.2, 0) is 0 Å². The summed E-state index contributed by atoms with van der Waals surface area (Å²) in [6.45, 7) is 5.31. The Kier molecular flexibility index (Phi) is 3.12. The Bertz CT molecular complexity index is 245. The third-order valence-corrected chi connectivity index (χ3v) is 3.25. The molecule has 0 spiro atoms. The van der Waals surface area contributed by atoms with E-state index in [0.717, 1.165) is 32.7 Å². The quantitative estimate of drug-likeness (QED) is 0.517. The molecule has 0 aromatic rings. The van der Waals surface area contributed by atoms with Crippen LogP contribution in [-0.4, -0.2) is 54.6 Å². The molecule has 0 atom stereocenters. The minimum atomic E-state index is 0.240. The second-order valence-corrected chi connectivity index (χ2v) is 4.41. The van der Waals surface area contributed by atoms with Gasteiger partial charge >= 0.3 is 7.12 Å². The second kappa shape index (κ2) is 4.73. The lowest BCUT2D eigenvalue weighted by molar-refractivity contribution is 0.254. The smallest absolute Gasteiger partial charge is 0.325 e. The fourth-order valence-electron chi connectivity index (χ4n) is 2.50. The third kappa shape index (κ3) is 1.96. The average molecular weight is 222 g/mol. The van der Waals surface area contributed by atoms with Crippen molar-refractivity contribution in [2.24, 2.45) is 0 Å². The Hall–Kier alpha value is -0.595. The van der Waals surface area contributed by atoms with Crippen LogP contribution in [0.25, 0.3) is 0 Å². The van der Waals surface area contributed by atoms with E-state index in [1.807, 2.05) is 0 Å². The highest BCUT2D eigenvalue weighted by Gasteiger charge is 2.40. The van der Waals surface area contributed by atoms with Gasteiger partial charge in [0.1, 0.15) is 0 Å². The van der Waals surface area contributed by atoms with Crippen molar-refractivity contribution in [2.45, 2.75) is 12.8 Å². The molecule has 88 valence electrons. The summed E-state index contributed by atoms with van der Waals surface area (Å²) in [6, 6.07) is 0. The van der Waals surface area contributed by atoms with Crippen LogP contribution in [0, 0.1) is 0 Å².